The average molecular weight is 1910 g/mol. The quantitative estimate of drug-likeness (QED) is 0.0486. The van der Waals surface area contributed by atoms with Crippen LogP contribution in [-0.2, 0) is 68.6 Å². The number of hydrogen-bond donors (Lipinski definition) is 23. The largest absolute Gasteiger partial charge is 0.573 e. The number of carbonyl (C=O) groups is 9. The van der Waals surface area contributed by atoms with Crippen molar-refractivity contribution in [3.05, 3.63) is 176 Å². The number of nitrogens with one attached hydrogen (secondary N) is 9. The number of aliphatic hydroxyl groups is 10. The number of nitrogens with two attached hydrogens (primary N) is 1. The van der Waals surface area contributed by atoms with Crippen molar-refractivity contribution in [1.82, 2.24) is 42.5 Å². The van der Waals surface area contributed by atoms with Crippen molar-refractivity contribution in [2.24, 2.45) is 11.7 Å². The van der Waals surface area contributed by atoms with Crippen LogP contribution in [0.15, 0.2) is 127 Å². The van der Waals surface area contributed by atoms with Gasteiger partial charge in [0.15, 0.2) is 30.3 Å². The van der Waals surface area contributed by atoms with Crippen LogP contribution in [-0.4, -0.2) is 257 Å². The number of rotatable bonds is 21. The van der Waals surface area contributed by atoms with Gasteiger partial charge >= 0.3 is 6.36 Å². The standard InChI is InChI=1S/C86H95Cl2F3N10O30.CH2O/c1-33(2)19-48(93-5)77(117)99-63-65(108)38-12-17-52(46(87)22-38)124-54-24-40-25-55(72(54)129-84-70(113)68(111)73(57(32-103)127-84)130-83-69(112)67(110)66(109)56(31-102)126-83)125-53-18-13-39(23-47(53)88)71(128-59-29-85(4,74(114)34(3)123-59)94-30-35-7-6-8-41(20-35)95-75(115)36-9-14-43(15-10-36)131-86(89,90)91)64-82(122)101-76(116)45-26-42(104)27-51(106)60(45)44-21-37(11-16-50(44)105)61(79(119)100-64)98-80(120)62(40)97-78(118)49(28-58(92)107)96-81(63)121;1-2/h6-18,20-27,33-34,48-49,56-57,59,61-71,73-74,76,83-84,93-94,102-106,108-114,116H,19,28-32H2,1-5H3,(H2,92,107)(H,95,115)(H,96,121)(H,97,118)(H,98,120)(H,99,117)(H,100,119)(H,101,122);1H2/t34-,48+,49-,56+,57+,59-,61-,62+,63?,64-,65+,66-,67-,68+,69+,70+,71+,73+,74-,76-,83-,84-,85-;/m0./s1. The Morgan fingerprint density at radius 1 is 0.647 bits per heavy atom. The van der Waals surface area contributed by atoms with Crippen molar-refractivity contribution in [2.75, 3.05) is 25.6 Å². The lowest BCUT2D eigenvalue weighted by atomic mass is 9.84. The molecule has 716 valence electrons. The zero-order valence-electron chi connectivity index (χ0n) is 71.0. The number of ether oxygens (including phenoxy) is 9. The van der Waals surface area contributed by atoms with E-state index in [1.54, 1.807) is 39.0 Å². The molecule has 8 amide bonds. The molecule has 0 aliphatic carbocycles. The van der Waals surface area contributed by atoms with E-state index in [9.17, 15) is 93.9 Å². The summed E-state index contributed by atoms with van der Waals surface area (Å²) in [5.74, 6) is -16.2. The van der Waals surface area contributed by atoms with Gasteiger partial charge in [-0.1, -0.05) is 67.4 Å². The highest BCUT2D eigenvalue weighted by atomic mass is 35.5. The van der Waals surface area contributed by atoms with E-state index in [1.165, 1.54) is 32.2 Å². The van der Waals surface area contributed by atoms with Gasteiger partial charge in [-0.3, -0.25) is 38.4 Å². The van der Waals surface area contributed by atoms with Gasteiger partial charge in [0.25, 0.3) is 5.91 Å². The van der Waals surface area contributed by atoms with Gasteiger partial charge in [0.1, 0.15) is 133 Å². The summed E-state index contributed by atoms with van der Waals surface area (Å²) in [6.07, 6.45) is -37.6. The van der Waals surface area contributed by atoms with Crippen molar-refractivity contribution < 1.29 is 165 Å². The Hall–Kier alpha value is -11.7. The summed E-state index contributed by atoms with van der Waals surface area (Å²) in [5, 5.41) is 172. The van der Waals surface area contributed by atoms with Crippen LogP contribution in [0.3, 0.4) is 0 Å². The predicted octanol–water partition coefficient (Wildman–Crippen LogP) is 1.59. The summed E-state index contributed by atoms with van der Waals surface area (Å²) in [6.45, 7) is 6.46. The summed E-state index contributed by atoms with van der Waals surface area (Å²) in [6, 6.07) is 11.7. The topological polar surface area (TPSA) is 634 Å². The Kier molecular flexibility index (Phi) is 31.8. The Morgan fingerprint density at radius 3 is 1.89 bits per heavy atom. The summed E-state index contributed by atoms with van der Waals surface area (Å²) < 4.78 is 93.6. The number of halogens is 5. The number of alkyl halides is 3. The molecule has 46 heteroatoms. The fourth-order valence-corrected chi connectivity index (χ4v) is 16.4. The van der Waals surface area contributed by atoms with Crippen LogP contribution in [0.25, 0.3) is 11.1 Å². The Balaban J connectivity index is 0.00000792. The molecule has 8 aliphatic heterocycles. The number of fused-ring (bicyclic) bond motifs is 15. The first-order chi connectivity index (χ1) is 63.0. The molecule has 0 aromatic heterocycles. The van der Waals surface area contributed by atoms with Crippen molar-refractivity contribution >= 4 is 82.9 Å². The van der Waals surface area contributed by atoms with Crippen LogP contribution < -0.4 is 72.5 Å². The number of carbonyl (C=O) groups excluding carboxylic acids is 9. The smallest absolute Gasteiger partial charge is 0.508 e. The van der Waals surface area contributed by atoms with E-state index in [-0.39, 0.29) is 53.2 Å². The monoisotopic (exact) mass is 1900 g/mol. The molecule has 11 bridgehead atoms. The molecule has 24 N–H and O–H groups in total. The van der Waals surface area contributed by atoms with Gasteiger partial charge in [0, 0.05) is 52.5 Å². The molecule has 0 radical (unpaired) electrons. The molecule has 1 unspecified atom stereocenters. The maximum Gasteiger partial charge on any atom is 0.573 e. The number of phenolic OH excluding ortho intramolecular Hbond substituents is 3. The van der Waals surface area contributed by atoms with Gasteiger partial charge in [0.2, 0.25) is 53.4 Å². The molecule has 3 saturated heterocycles. The van der Waals surface area contributed by atoms with E-state index in [2.05, 4.69) is 52.6 Å². The molecule has 41 nitrogen and oxygen atoms in total. The molecule has 8 aliphatic rings. The van der Waals surface area contributed by atoms with Gasteiger partial charge in [-0.15, -0.1) is 13.2 Å². The second-order valence-electron chi connectivity index (χ2n) is 32.6. The highest BCUT2D eigenvalue weighted by Gasteiger charge is 2.54. The third-order valence-corrected chi connectivity index (χ3v) is 23.4. The number of aromatic hydroxyl groups is 3. The van der Waals surface area contributed by atoms with E-state index in [0.717, 1.165) is 91.0 Å². The minimum atomic E-state index is -5.00. The molecule has 133 heavy (non-hydrogen) atoms. The lowest BCUT2D eigenvalue weighted by Gasteiger charge is -2.47. The number of primary amides is 1. The molecule has 7 aromatic carbocycles. The Labute approximate surface area is 763 Å². The highest BCUT2D eigenvalue weighted by Crippen LogP contribution is 2.51. The number of benzene rings is 7. The van der Waals surface area contributed by atoms with Crippen LogP contribution in [0.1, 0.15) is 121 Å². The van der Waals surface area contributed by atoms with Crippen LogP contribution in [0.2, 0.25) is 10.0 Å². The molecule has 8 heterocycles. The fraction of sp³-hybridized carbons (Fsp3) is 0.414. The fourth-order valence-electron chi connectivity index (χ4n) is 16.0. The minimum Gasteiger partial charge on any atom is -0.508 e. The first kappa shape index (κ1) is 100. The SMILES string of the molecule is C=O.CN[C@H](CC(C)C)C(=O)NC1C(=O)N[C@@H](CC(N)=O)C(=O)N[C@H]2C(=O)N[C@@H]3C(=O)N[C@H](C(=O)N[C@@H](O)c4cc(O)cc(O)c4-c4cc3ccc4O)[C@H](O[C@H]3C[C@](C)(NCc4cccc(NC(=O)c5ccc(OC(F)(F)F)cc5)c4)[C@@H](O)[C@H](C)O3)c3ccc(c(Cl)c3)Oc3cc2cc(c3O[C@@H]2O[C@H](CO)[C@@H](O[C@@H]3O[C@H](CO)[C@H](O)[C@H](O)[C@H]3O)[C@H](O)[C@H]2O)Oc2ccc(cc2Cl)[C@H]1O. The van der Waals surface area contributed by atoms with Crippen molar-refractivity contribution in [1.29, 1.82) is 0 Å². The summed E-state index contributed by atoms with van der Waals surface area (Å²) >= 11 is 14.5. The third kappa shape index (κ3) is 22.9. The number of anilines is 1. The van der Waals surface area contributed by atoms with E-state index >= 15 is 24.0 Å². The molecule has 7 aromatic rings. The number of phenols is 3. The van der Waals surface area contributed by atoms with Crippen molar-refractivity contribution in [3.8, 4) is 62.9 Å². The van der Waals surface area contributed by atoms with Crippen LogP contribution in [0.5, 0.6) is 51.7 Å². The normalized spacial score (nSPS) is 28.6. The molecular weight excluding hydrogens is 1810 g/mol. The minimum absolute atomic E-state index is 0.0351. The van der Waals surface area contributed by atoms with Gasteiger partial charge in [0.05, 0.1) is 47.9 Å². The molecule has 0 spiro atoms. The second kappa shape index (κ2) is 42.2. The van der Waals surface area contributed by atoms with Gasteiger partial charge in [-0.25, -0.2) is 0 Å². The molecule has 3 fully saturated rings. The van der Waals surface area contributed by atoms with E-state index < -0.39 is 297 Å². The molecule has 23 atom stereocenters. The van der Waals surface area contributed by atoms with E-state index in [0.29, 0.717) is 5.56 Å². The summed E-state index contributed by atoms with van der Waals surface area (Å²) in [4.78, 5) is 128. The summed E-state index contributed by atoms with van der Waals surface area (Å²) in [5.41, 5.74) is 2.16. The average Bonchev–Trinajstić information content (AvgIpc) is 0.739. The number of aliphatic hydroxyl groups excluding tert-OH is 10. The molecule has 0 saturated carbocycles. The lowest BCUT2D eigenvalue weighted by molar-refractivity contribution is -0.352. The Bertz CT molecular complexity index is 5460. The van der Waals surface area contributed by atoms with E-state index in [4.69, 9.17) is 71.6 Å². The van der Waals surface area contributed by atoms with Crippen molar-refractivity contribution in [3.63, 3.8) is 0 Å². The lowest BCUT2D eigenvalue weighted by Crippen LogP contribution is -2.65. The number of amides is 8. The first-order valence-corrected chi connectivity index (χ1v) is 42.0. The Morgan fingerprint density at radius 2 is 1.26 bits per heavy atom. The second-order valence-corrected chi connectivity index (χ2v) is 33.5. The third-order valence-electron chi connectivity index (χ3n) is 22.8. The number of hydrogen-bond acceptors (Lipinski definition) is 33. The van der Waals surface area contributed by atoms with Gasteiger partial charge in [-0.2, -0.15) is 0 Å². The predicted molar refractivity (Wildman–Crippen MR) is 454 cm³/mol. The zero-order valence-corrected chi connectivity index (χ0v) is 72.5. The van der Waals surface area contributed by atoms with Crippen LogP contribution >= 0.6 is 23.2 Å². The summed E-state index contributed by atoms with van der Waals surface area (Å²) in [7, 11) is 1.45. The van der Waals surface area contributed by atoms with Crippen molar-refractivity contribution in [2.45, 2.75) is 200 Å². The maximum atomic E-state index is 16.5. The highest BCUT2D eigenvalue weighted by molar-refractivity contribution is 6.32. The van der Waals surface area contributed by atoms with Gasteiger partial charge in [-0.05, 0) is 152 Å². The van der Waals surface area contributed by atoms with E-state index in [1.807, 2.05) is 6.79 Å². The van der Waals surface area contributed by atoms with Crippen LogP contribution in [0, 0.1) is 5.92 Å². The molecule has 15 rings (SSSR count). The van der Waals surface area contributed by atoms with Gasteiger partial charge < -0.3 is 167 Å². The maximum absolute atomic E-state index is 16.5. The first-order valence-electron chi connectivity index (χ1n) is 41.2. The van der Waals surface area contributed by atoms with Crippen LogP contribution in [0.4, 0.5) is 18.9 Å². The number of likely N-dealkylation sites (N-methyl/N-ethyl adjacent to an activating group) is 1. The molecular formula is C87H97Cl2F3N10O31. The zero-order chi connectivity index (χ0) is 96.8.